The van der Waals surface area contributed by atoms with Gasteiger partial charge in [-0.2, -0.15) is 0 Å². The lowest BCUT2D eigenvalue weighted by molar-refractivity contribution is 0.0950. The number of hydrogen-bond acceptors (Lipinski definition) is 5. The number of benzene rings is 1. The van der Waals surface area contributed by atoms with Gasteiger partial charge >= 0.3 is 0 Å². The number of pyridine rings is 1. The number of nitrogens with two attached hydrogens (primary N) is 1. The van der Waals surface area contributed by atoms with E-state index in [-0.39, 0.29) is 11.6 Å². The minimum absolute atomic E-state index is 0.210. The smallest absolute Gasteiger partial charge is 0.273 e. The van der Waals surface area contributed by atoms with Crippen molar-refractivity contribution in [2.24, 2.45) is 0 Å². The molecule has 7 nitrogen and oxygen atoms in total. The third-order valence-corrected chi connectivity index (χ3v) is 4.51. The Morgan fingerprint density at radius 3 is 2.96 bits per heavy atom. The van der Waals surface area contributed by atoms with Gasteiger partial charge in [-0.25, -0.2) is 4.98 Å². The molecule has 0 radical (unpaired) electrons. The lowest BCUT2D eigenvalue weighted by atomic mass is 10.0. The Labute approximate surface area is 155 Å². The zero-order valence-electron chi connectivity index (χ0n) is 15.2. The van der Waals surface area contributed by atoms with Crippen LogP contribution in [0, 0.1) is 0 Å². The van der Waals surface area contributed by atoms with E-state index in [2.05, 4.69) is 10.3 Å². The van der Waals surface area contributed by atoms with E-state index in [1.807, 2.05) is 37.3 Å². The van der Waals surface area contributed by atoms with E-state index in [0.29, 0.717) is 29.3 Å². The van der Waals surface area contributed by atoms with Gasteiger partial charge in [-0.15, -0.1) is 0 Å². The number of nitrogens with zero attached hydrogens (tertiary/aromatic N) is 2. The summed E-state index contributed by atoms with van der Waals surface area (Å²) < 4.78 is 13.0. The summed E-state index contributed by atoms with van der Waals surface area (Å²) in [6.45, 7) is 2.56. The summed E-state index contributed by atoms with van der Waals surface area (Å²) in [5.41, 5.74) is 9.23. The zero-order valence-corrected chi connectivity index (χ0v) is 15.2. The van der Waals surface area contributed by atoms with Crippen LogP contribution in [-0.4, -0.2) is 28.9 Å². The maximum Gasteiger partial charge on any atom is 0.273 e. The Morgan fingerprint density at radius 2 is 2.19 bits per heavy atom. The van der Waals surface area contributed by atoms with Crippen molar-refractivity contribution in [2.75, 3.05) is 19.4 Å². The Morgan fingerprint density at radius 1 is 1.33 bits per heavy atom. The zero-order chi connectivity index (χ0) is 19.0. The summed E-state index contributed by atoms with van der Waals surface area (Å²) in [7, 11) is 1.61. The number of carbonyl (C=O) groups excluding carboxylic acids is 1. The number of nitrogen functional groups attached to an aromatic ring is 1. The second kappa shape index (κ2) is 6.68. The van der Waals surface area contributed by atoms with E-state index in [9.17, 15) is 4.79 Å². The third-order valence-electron chi connectivity index (χ3n) is 4.51. The van der Waals surface area contributed by atoms with E-state index in [0.717, 1.165) is 22.9 Å². The van der Waals surface area contributed by atoms with Gasteiger partial charge in [-0.3, -0.25) is 9.20 Å². The molecule has 3 heterocycles. The number of furan rings is 1. The minimum Gasteiger partial charge on any atom is -0.496 e. The van der Waals surface area contributed by atoms with Gasteiger partial charge in [0.1, 0.15) is 22.8 Å². The quantitative estimate of drug-likeness (QED) is 0.565. The van der Waals surface area contributed by atoms with Crippen molar-refractivity contribution < 1.29 is 13.9 Å². The van der Waals surface area contributed by atoms with Gasteiger partial charge in [0.15, 0.2) is 5.69 Å². The second-order valence-corrected chi connectivity index (χ2v) is 6.20. The second-order valence-electron chi connectivity index (χ2n) is 6.20. The van der Waals surface area contributed by atoms with Crippen molar-refractivity contribution in [1.82, 2.24) is 14.7 Å². The molecule has 3 N–H and O–H groups in total. The van der Waals surface area contributed by atoms with Crippen LogP contribution in [0.15, 0.2) is 47.2 Å². The predicted molar refractivity (Wildman–Crippen MR) is 104 cm³/mol. The molecule has 0 saturated carbocycles. The monoisotopic (exact) mass is 364 g/mol. The Bertz CT molecular complexity index is 1140. The van der Waals surface area contributed by atoms with E-state index in [4.69, 9.17) is 14.9 Å². The number of hydrogen-bond donors (Lipinski definition) is 2. The Balaban J connectivity index is 1.96. The number of amides is 1. The lowest BCUT2D eigenvalue weighted by Crippen LogP contribution is -2.25. The number of imidazole rings is 1. The number of methoxy groups -OCH3 is 1. The first-order chi connectivity index (χ1) is 13.2. The molecule has 27 heavy (non-hydrogen) atoms. The third kappa shape index (κ3) is 2.68. The van der Waals surface area contributed by atoms with Gasteiger partial charge in [0, 0.05) is 23.7 Å². The van der Waals surface area contributed by atoms with Crippen molar-refractivity contribution in [3.05, 3.63) is 48.5 Å². The molecule has 0 atom stereocenters. The molecule has 0 bridgehead atoms. The summed E-state index contributed by atoms with van der Waals surface area (Å²) >= 11 is 0. The first kappa shape index (κ1) is 17.0. The number of rotatable bonds is 5. The average Bonchev–Trinajstić information content (AvgIpc) is 3.30. The molecule has 0 spiro atoms. The summed E-state index contributed by atoms with van der Waals surface area (Å²) in [4.78, 5) is 17.0. The SMILES string of the molecule is CCCNC(=O)c1nc2c(-c3c(OC)ccc4ccoc34)cccn2c1N. The van der Waals surface area contributed by atoms with Crippen molar-refractivity contribution in [1.29, 1.82) is 0 Å². The van der Waals surface area contributed by atoms with Crippen LogP contribution in [0.3, 0.4) is 0 Å². The van der Waals surface area contributed by atoms with Crippen LogP contribution in [0.1, 0.15) is 23.8 Å². The fourth-order valence-corrected chi connectivity index (χ4v) is 3.21. The van der Waals surface area contributed by atoms with Crippen LogP contribution < -0.4 is 15.8 Å². The van der Waals surface area contributed by atoms with Crippen molar-refractivity contribution >= 4 is 28.3 Å². The van der Waals surface area contributed by atoms with E-state index >= 15 is 0 Å². The van der Waals surface area contributed by atoms with Gasteiger partial charge in [-0.1, -0.05) is 6.92 Å². The molecule has 138 valence electrons. The highest BCUT2D eigenvalue weighted by Crippen LogP contribution is 2.39. The highest BCUT2D eigenvalue weighted by atomic mass is 16.5. The molecular weight excluding hydrogens is 344 g/mol. The molecule has 0 aliphatic carbocycles. The lowest BCUT2D eigenvalue weighted by Gasteiger charge is -2.10. The average molecular weight is 364 g/mol. The standard InChI is InChI=1S/C20H20N4O3/c1-3-9-22-20(25)16-18(21)24-10-4-5-13(19(24)23-16)15-14(26-2)7-6-12-8-11-27-17(12)15/h4-8,10-11H,3,9,21H2,1-2H3,(H,22,25). The maximum atomic E-state index is 12.4. The molecule has 0 aliphatic rings. The van der Waals surface area contributed by atoms with Gasteiger partial charge in [0.05, 0.1) is 18.9 Å². The summed E-state index contributed by atoms with van der Waals surface area (Å²) in [6, 6.07) is 9.48. The van der Waals surface area contributed by atoms with Crippen molar-refractivity contribution in [3.8, 4) is 16.9 Å². The molecule has 7 heteroatoms. The number of carbonyl (C=O) groups is 1. The molecule has 4 aromatic rings. The molecule has 1 amide bonds. The van der Waals surface area contributed by atoms with Gasteiger partial charge < -0.3 is 20.2 Å². The van der Waals surface area contributed by atoms with Crippen LogP contribution in [0.4, 0.5) is 5.82 Å². The van der Waals surface area contributed by atoms with Gasteiger partial charge in [-0.05, 0) is 36.8 Å². The van der Waals surface area contributed by atoms with Crippen LogP contribution in [0.2, 0.25) is 0 Å². The summed E-state index contributed by atoms with van der Waals surface area (Å²) in [6.07, 6.45) is 4.26. The predicted octanol–water partition coefficient (Wildman–Crippen LogP) is 3.48. The fourth-order valence-electron chi connectivity index (χ4n) is 3.21. The van der Waals surface area contributed by atoms with Crippen molar-refractivity contribution in [3.63, 3.8) is 0 Å². The van der Waals surface area contributed by atoms with E-state index in [1.165, 1.54) is 0 Å². The van der Waals surface area contributed by atoms with Crippen molar-refractivity contribution in [2.45, 2.75) is 13.3 Å². The normalized spacial score (nSPS) is 11.2. The number of anilines is 1. The molecule has 0 saturated heterocycles. The number of aromatic nitrogens is 2. The minimum atomic E-state index is -0.285. The first-order valence-electron chi connectivity index (χ1n) is 8.75. The van der Waals surface area contributed by atoms with Gasteiger partial charge in [0.25, 0.3) is 5.91 Å². The molecule has 1 aromatic carbocycles. The first-order valence-corrected chi connectivity index (χ1v) is 8.75. The van der Waals surface area contributed by atoms with E-state index in [1.54, 1.807) is 24.0 Å². The molecule has 0 fully saturated rings. The molecular formula is C20H20N4O3. The molecule has 0 unspecified atom stereocenters. The number of nitrogens with one attached hydrogen (secondary N) is 1. The van der Waals surface area contributed by atoms with Crippen LogP contribution in [0.5, 0.6) is 5.75 Å². The van der Waals surface area contributed by atoms with Gasteiger partial charge in [0.2, 0.25) is 0 Å². The van der Waals surface area contributed by atoms with Crippen LogP contribution in [0.25, 0.3) is 27.7 Å². The summed E-state index contributed by atoms with van der Waals surface area (Å²) in [5, 5.41) is 3.77. The number of ether oxygens (including phenoxy) is 1. The molecule has 3 aromatic heterocycles. The van der Waals surface area contributed by atoms with Crippen LogP contribution in [-0.2, 0) is 0 Å². The fraction of sp³-hybridized carbons (Fsp3) is 0.200. The highest BCUT2D eigenvalue weighted by Gasteiger charge is 2.22. The maximum absolute atomic E-state index is 12.4. The van der Waals surface area contributed by atoms with Crippen LogP contribution >= 0.6 is 0 Å². The molecule has 4 rings (SSSR count). The Kier molecular flexibility index (Phi) is 4.19. The topological polar surface area (TPSA) is 94.8 Å². The number of fused-ring (bicyclic) bond motifs is 2. The largest absolute Gasteiger partial charge is 0.496 e. The Hall–Kier alpha value is -3.48. The molecule has 0 aliphatic heterocycles. The summed E-state index contributed by atoms with van der Waals surface area (Å²) in [5.74, 6) is 0.669. The highest BCUT2D eigenvalue weighted by molar-refractivity contribution is 6.02. The van der Waals surface area contributed by atoms with E-state index < -0.39 is 0 Å².